The maximum atomic E-state index is 11.1. The number of benzene rings is 1. The fourth-order valence-electron chi connectivity index (χ4n) is 1.90. The van der Waals surface area contributed by atoms with E-state index in [-0.39, 0.29) is 12.9 Å². The number of amides is 1. The van der Waals surface area contributed by atoms with Crippen LogP contribution in [-0.2, 0) is 10.3 Å². The van der Waals surface area contributed by atoms with Gasteiger partial charge >= 0.3 is 6.09 Å². The normalized spacial score (nSPS) is 26.4. The molecule has 2 aliphatic heterocycles. The number of ether oxygens (including phenoxy) is 3. The molecule has 0 spiro atoms. The topological polar surface area (TPSA) is 56.8 Å². The molecule has 1 fully saturated rings. The van der Waals surface area contributed by atoms with Crippen molar-refractivity contribution in [3.8, 4) is 11.5 Å². The van der Waals surface area contributed by atoms with Gasteiger partial charge in [0.05, 0.1) is 6.54 Å². The van der Waals surface area contributed by atoms with Gasteiger partial charge in [-0.1, -0.05) is 6.07 Å². The van der Waals surface area contributed by atoms with Gasteiger partial charge in [0.15, 0.2) is 17.1 Å². The first-order chi connectivity index (χ1) is 7.67. The Labute approximate surface area is 92.3 Å². The molecule has 0 aromatic heterocycles. The highest BCUT2D eigenvalue weighted by Crippen LogP contribution is 2.37. The van der Waals surface area contributed by atoms with Crippen LogP contribution in [-0.4, -0.2) is 19.4 Å². The van der Waals surface area contributed by atoms with Crippen molar-refractivity contribution in [3.05, 3.63) is 23.8 Å². The van der Waals surface area contributed by atoms with Crippen LogP contribution in [0.15, 0.2) is 18.2 Å². The highest BCUT2D eigenvalue weighted by atomic mass is 16.7. The second-order valence-electron chi connectivity index (χ2n) is 4.04. The number of carbonyl (C=O) groups excluding carboxylic acids is 1. The number of nitrogens with one attached hydrogen (secondary N) is 1. The van der Waals surface area contributed by atoms with E-state index in [0.717, 1.165) is 11.3 Å². The monoisotopic (exact) mass is 221 g/mol. The Morgan fingerprint density at radius 2 is 2.12 bits per heavy atom. The summed E-state index contributed by atoms with van der Waals surface area (Å²) >= 11 is 0. The molecule has 5 heteroatoms. The molecule has 16 heavy (non-hydrogen) atoms. The molecular formula is C11H11NO4. The summed E-state index contributed by atoms with van der Waals surface area (Å²) in [7, 11) is 0. The van der Waals surface area contributed by atoms with Gasteiger partial charge in [-0.2, -0.15) is 0 Å². The molecule has 1 atom stereocenters. The molecule has 1 N–H and O–H groups in total. The van der Waals surface area contributed by atoms with Crippen molar-refractivity contribution >= 4 is 6.09 Å². The van der Waals surface area contributed by atoms with Gasteiger partial charge < -0.3 is 19.5 Å². The summed E-state index contributed by atoms with van der Waals surface area (Å²) in [4.78, 5) is 11.1. The Kier molecular flexibility index (Phi) is 1.77. The molecule has 3 rings (SSSR count). The number of hydrogen-bond donors (Lipinski definition) is 1. The number of cyclic esters (lactones) is 1. The SMILES string of the molecule is CC1(c2ccc3c(c2)OCO3)CNC(=O)O1. The van der Waals surface area contributed by atoms with Crippen LogP contribution in [0, 0.1) is 0 Å². The molecule has 0 radical (unpaired) electrons. The molecule has 0 aliphatic carbocycles. The Bertz CT molecular complexity index is 459. The zero-order chi connectivity index (χ0) is 11.2. The Hall–Kier alpha value is -1.91. The van der Waals surface area contributed by atoms with Crippen molar-refractivity contribution in [2.45, 2.75) is 12.5 Å². The Morgan fingerprint density at radius 3 is 2.88 bits per heavy atom. The van der Waals surface area contributed by atoms with E-state index in [4.69, 9.17) is 14.2 Å². The van der Waals surface area contributed by atoms with Crippen molar-refractivity contribution in [2.24, 2.45) is 0 Å². The van der Waals surface area contributed by atoms with E-state index in [9.17, 15) is 4.79 Å². The van der Waals surface area contributed by atoms with E-state index in [0.29, 0.717) is 12.3 Å². The zero-order valence-electron chi connectivity index (χ0n) is 8.78. The van der Waals surface area contributed by atoms with Crippen molar-refractivity contribution in [1.82, 2.24) is 5.32 Å². The van der Waals surface area contributed by atoms with Crippen LogP contribution < -0.4 is 14.8 Å². The van der Waals surface area contributed by atoms with Gasteiger partial charge in [-0.05, 0) is 19.1 Å². The lowest BCUT2D eigenvalue weighted by molar-refractivity contribution is 0.0702. The minimum Gasteiger partial charge on any atom is -0.454 e. The minimum absolute atomic E-state index is 0.244. The summed E-state index contributed by atoms with van der Waals surface area (Å²) in [6.07, 6.45) is -0.389. The Morgan fingerprint density at radius 1 is 1.31 bits per heavy atom. The van der Waals surface area contributed by atoms with Gasteiger partial charge in [0.1, 0.15) is 0 Å². The molecule has 1 unspecified atom stereocenters. The predicted octanol–water partition coefficient (Wildman–Crippen LogP) is 1.37. The van der Waals surface area contributed by atoms with Gasteiger partial charge in [0, 0.05) is 5.56 Å². The standard InChI is InChI=1S/C11H11NO4/c1-11(5-12-10(13)16-11)7-2-3-8-9(4-7)15-6-14-8/h2-4H,5-6H2,1H3,(H,12,13). The van der Waals surface area contributed by atoms with Crippen molar-refractivity contribution in [2.75, 3.05) is 13.3 Å². The van der Waals surface area contributed by atoms with Crippen LogP contribution in [0.2, 0.25) is 0 Å². The lowest BCUT2D eigenvalue weighted by atomic mass is 9.96. The van der Waals surface area contributed by atoms with Gasteiger partial charge in [-0.15, -0.1) is 0 Å². The quantitative estimate of drug-likeness (QED) is 0.778. The molecule has 1 aromatic carbocycles. The van der Waals surface area contributed by atoms with E-state index in [1.165, 1.54) is 0 Å². The van der Waals surface area contributed by atoms with Crippen molar-refractivity contribution in [3.63, 3.8) is 0 Å². The molecule has 1 amide bonds. The van der Waals surface area contributed by atoms with Gasteiger partial charge in [-0.25, -0.2) is 4.79 Å². The largest absolute Gasteiger partial charge is 0.454 e. The van der Waals surface area contributed by atoms with E-state index in [1.54, 1.807) is 0 Å². The average Bonchev–Trinajstić information content (AvgIpc) is 2.84. The molecule has 1 aromatic rings. The average molecular weight is 221 g/mol. The summed E-state index contributed by atoms with van der Waals surface area (Å²) in [6, 6.07) is 5.56. The summed E-state index contributed by atoms with van der Waals surface area (Å²) in [5.74, 6) is 1.42. The third-order valence-electron chi connectivity index (χ3n) is 2.87. The molecule has 0 saturated carbocycles. The lowest BCUT2D eigenvalue weighted by Crippen LogP contribution is -2.26. The molecule has 5 nitrogen and oxygen atoms in total. The Balaban J connectivity index is 1.98. The molecule has 2 aliphatic rings. The molecular weight excluding hydrogens is 210 g/mol. The maximum Gasteiger partial charge on any atom is 0.408 e. The predicted molar refractivity (Wildman–Crippen MR) is 54.4 cm³/mol. The number of carbonyl (C=O) groups is 1. The first-order valence-electron chi connectivity index (χ1n) is 5.04. The lowest BCUT2D eigenvalue weighted by Gasteiger charge is -2.21. The van der Waals surface area contributed by atoms with Crippen LogP contribution in [0.3, 0.4) is 0 Å². The first-order valence-corrected chi connectivity index (χ1v) is 5.04. The van der Waals surface area contributed by atoms with Crippen LogP contribution >= 0.6 is 0 Å². The fourth-order valence-corrected chi connectivity index (χ4v) is 1.90. The number of rotatable bonds is 1. The third kappa shape index (κ3) is 1.28. The van der Waals surface area contributed by atoms with Crippen LogP contribution in [0.4, 0.5) is 4.79 Å². The highest BCUT2D eigenvalue weighted by molar-refractivity contribution is 5.70. The second-order valence-corrected chi connectivity index (χ2v) is 4.04. The van der Waals surface area contributed by atoms with Crippen molar-refractivity contribution in [1.29, 1.82) is 0 Å². The first kappa shape index (κ1) is 9.33. The second kappa shape index (κ2) is 3.04. The molecule has 1 saturated heterocycles. The summed E-state index contributed by atoms with van der Waals surface area (Å²) in [5.41, 5.74) is 0.271. The van der Waals surface area contributed by atoms with E-state index >= 15 is 0 Å². The molecule has 0 bridgehead atoms. The summed E-state index contributed by atoms with van der Waals surface area (Å²) < 4.78 is 15.8. The minimum atomic E-state index is -0.627. The third-order valence-corrected chi connectivity index (χ3v) is 2.87. The number of hydrogen-bond acceptors (Lipinski definition) is 4. The van der Waals surface area contributed by atoms with Crippen molar-refractivity contribution < 1.29 is 19.0 Å². The number of fused-ring (bicyclic) bond motifs is 1. The van der Waals surface area contributed by atoms with E-state index in [2.05, 4.69) is 5.32 Å². The maximum absolute atomic E-state index is 11.1. The highest BCUT2D eigenvalue weighted by Gasteiger charge is 2.38. The molecule has 2 heterocycles. The smallest absolute Gasteiger partial charge is 0.408 e. The van der Waals surface area contributed by atoms with Gasteiger partial charge in [-0.3, -0.25) is 0 Å². The number of alkyl carbamates (subject to hydrolysis) is 1. The molecule has 84 valence electrons. The van der Waals surface area contributed by atoms with Gasteiger partial charge in [0.25, 0.3) is 0 Å². The summed E-state index contributed by atoms with van der Waals surface area (Å²) in [6.45, 7) is 2.57. The van der Waals surface area contributed by atoms with E-state index < -0.39 is 5.60 Å². The fraction of sp³-hybridized carbons (Fsp3) is 0.364. The van der Waals surface area contributed by atoms with Crippen LogP contribution in [0.1, 0.15) is 12.5 Å². The summed E-state index contributed by atoms with van der Waals surface area (Å²) in [5, 5.41) is 2.64. The van der Waals surface area contributed by atoms with Crippen LogP contribution in [0.5, 0.6) is 11.5 Å². The van der Waals surface area contributed by atoms with Crippen LogP contribution in [0.25, 0.3) is 0 Å². The van der Waals surface area contributed by atoms with Gasteiger partial charge in [0.2, 0.25) is 6.79 Å². The zero-order valence-corrected chi connectivity index (χ0v) is 8.78. The van der Waals surface area contributed by atoms with E-state index in [1.807, 2.05) is 25.1 Å².